The average molecular weight is 353 g/mol. The maximum absolute atomic E-state index is 5.73. The number of nitrogens with zero attached hydrogens (tertiary/aromatic N) is 3. The quantitative estimate of drug-likeness (QED) is 0.739. The summed E-state index contributed by atoms with van der Waals surface area (Å²) in [5, 5.41) is 0. The Hall–Kier alpha value is -1.37. The van der Waals surface area contributed by atoms with Crippen LogP contribution in [0.2, 0.25) is 0 Å². The minimum absolute atomic E-state index is 0.659. The van der Waals surface area contributed by atoms with Crippen LogP contribution in [-0.2, 0) is 6.54 Å². The second-order valence-corrected chi connectivity index (χ2v) is 5.32. The van der Waals surface area contributed by atoms with E-state index in [1.54, 1.807) is 0 Å². The average Bonchev–Trinajstić information content (AvgIpc) is 2.61. The van der Waals surface area contributed by atoms with Crippen LogP contribution in [0.15, 0.2) is 36.7 Å². The fourth-order valence-electron chi connectivity index (χ4n) is 1.97. The normalized spacial score (nSPS) is 14.6. The fraction of sp³-hybridized carbons (Fsp3) is 0.231. The summed E-state index contributed by atoms with van der Waals surface area (Å²) < 4.78 is 6.77. The zero-order chi connectivity index (χ0) is 12.4. The first-order valence-electron chi connectivity index (χ1n) is 5.76. The van der Waals surface area contributed by atoms with E-state index in [0.29, 0.717) is 6.61 Å². The molecule has 3 rings (SSSR count). The van der Waals surface area contributed by atoms with E-state index >= 15 is 0 Å². The van der Waals surface area contributed by atoms with Gasteiger partial charge >= 0.3 is 0 Å². The lowest BCUT2D eigenvalue weighted by Gasteiger charge is -2.19. The van der Waals surface area contributed by atoms with Crippen LogP contribution in [0.1, 0.15) is 5.56 Å². The standard InChI is InChI=1S/C13H12IN3O/c14-11-7-15-13(16-8-11)17-5-6-18-12-4-2-1-3-10(12)9-17/h1-4,7-8H,5-6,9H2. The predicted molar refractivity (Wildman–Crippen MR) is 77.7 cm³/mol. The number of para-hydroxylation sites is 1. The maximum atomic E-state index is 5.73. The molecule has 0 atom stereocenters. The van der Waals surface area contributed by atoms with Gasteiger partial charge in [0.15, 0.2) is 0 Å². The number of hydrogen-bond donors (Lipinski definition) is 0. The van der Waals surface area contributed by atoms with Crippen molar-refractivity contribution in [2.24, 2.45) is 0 Å². The van der Waals surface area contributed by atoms with Gasteiger partial charge in [0.05, 0.1) is 6.54 Å². The zero-order valence-electron chi connectivity index (χ0n) is 9.71. The third-order valence-corrected chi connectivity index (χ3v) is 3.40. The molecule has 1 aliphatic heterocycles. The molecule has 0 saturated heterocycles. The van der Waals surface area contributed by atoms with E-state index in [4.69, 9.17) is 4.74 Å². The van der Waals surface area contributed by atoms with E-state index in [2.05, 4.69) is 43.5 Å². The third-order valence-electron chi connectivity index (χ3n) is 2.84. The monoisotopic (exact) mass is 353 g/mol. The minimum atomic E-state index is 0.659. The summed E-state index contributed by atoms with van der Waals surface area (Å²) in [5.41, 5.74) is 1.18. The summed E-state index contributed by atoms with van der Waals surface area (Å²) in [5.74, 6) is 1.72. The highest BCUT2D eigenvalue weighted by molar-refractivity contribution is 14.1. The predicted octanol–water partition coefficient (Wildman–Crippen LogP) is 2.48. The van der Waals surface area contributed by atoms with Crippen molar-refractivity contribution in [2.45, 2.75) is 6.54 Å². The number of benzene rings is 1. The van der Waals surface area contributed by atoms with Crippen LogP contribution in [-0.4, -0.2) is 23.1 Å². The molecule has 0 spiro atoms. The SMILES string of the molecule is Ic1cnc(N2CCOc3ccccc3C2)nc1. The lowest BCUT2D eigenvalue weighted by molar-refractivity contribution is 0.331. The lowest BCUT2D eigenvalue weighted by atomic mass is 10.2. The van der Waals surface area contributed by atoms with Gasteiger partial charge in [0, 0.05) is 28.1 Å². The first-order valence-corrected chi connectivity index (χ1v) is 6.84. The molecule has 4 nitrogen and oxygen atoms in total. The van der Waals surface area contributed by atoms with E-state index in [1.807, 2.05) is 30.6 Å². The molecule has 1 aromatic carbocycles. The molecular formula is C13H12IN3O. The van der Waals surface area contributed by atoms with Gasteiger partial charge in [-0.1, -0.05) is 18.2 Å². The van der Waals surface area contributed by atoms with Crippen molar-refractivity contribution in [3.05, 3.63) is 45.8 Å². The highest BCUT2D eigenvalue weighted by Crippen LogP contribution is 2.24. The van der Waals surface area contributed by atoms with Gasteiger partial charge in [-0.3, -0.25) is 0 Å². The van der Waals surface area contributed by atoms with Crippen molar-refractivity contribution in [2.75, 3.05) is 18.1 Å². The van der Waals surface area contributed by atoms with Gasteiger partial charge in [0.25, 0.3) is 0 Å². The topological polar surface area (TPSA) is 38.2 Å². The van der Waals surface area contributed by atoms with Gasteiger partial charge in [-0.2, -0.15) is 0 Å². The van der Waals surface area contributed by atoms with Gasteiger partial charge in [0.1, 0.15) is 12.4 Å². The summed E-state index contributed by atoms with van der Waals surface area (Å²) in [6.07, 6.45) is 3.67. The summed E-state index contributed by atoms with van der Waals surface area (Å²) >= 11 is 2.21. The smallest absolute Gasteiger partial charge is 0.225 e. The van der Waals surface area contributed by atoms with Crippen LogP contribution in [0.3, 0.4) is 0 Å². The summed E-state index contributed by atoms with van der Waals surface area (Å²) in [7, 11) is 0. The minimum Gasteiger partial charge on any atom is -0.491 e. The van der Waals surface area contributed by atoms with Crippen LogP contribution in [0.5, 0.6) is 5.75 Å². The highest BCUT2D eigenvalue weighted by atomic mass is 127. The Kier molecular flexibility index (Phi) is 3.31. The number of ether oxygens (including phenoxy) is 1. The largest absolute Gasteiger partial charge is 0.491 e. The van der Waals surface area contributed by atoms with Gasteiger partial charge in [-0.05, 0) is 28.7 Å². The molecule has 2 heterocycles. The first kappa shape index (κ1) is 11.7. The number of hydrogen-bond acceptors (Lipinski definition) is 4. The molecule has 5 heteroatoms. The molecule has 2 aromatic rings. The van der Waals surface area contributed by atoms with Crippen molar-refractivity contribution < 1.29 is 4.74 Å². The van der Waals surface area contributed by atoms with Crippen LogP contribution < -0.4 is 9.64 Å². The van der Waals surface area contributed by atoms with Crippen molar-refractivity contribution in [3.8, 4) is 5.75 Å². The Morgan fingerprint density at radius 1 is 1.17 bits per heavy atom. The van der Waals surface area contributed by atoms with E-state index in [1.165, 1.54) is 5.56 Å². The summed E-state index contributed by atoms with van der Waals surface area (Å²) in [6, 6.07) is 8.12. The van der Waals surface area contributed by atoms with Crippen molar-refractivity contribution in [1.29, 1.82) is 0 Å². The molecule has 1 aromatic heterocycles. The number of aromatic nitrogens is 2. The van der Waals surface area contributed by atoms with E-state index in [0.717, 1.165) is 28.4 Å². The second kappa shape index (κ2) is 5.09. The second-order valence-electron chi connectivity index (χ2n) is 4.08. The Balaban J connectivity index is 1.89. The number of anilines is 1. The molecule has 0 unspecified atom stereocenters. The molecule has 18 heavy (non-hydrogen) atoms. The molecule has 0 amide bonds. The molecule has 92 valence electrons. The highest BCUT2D eigenvalue weighted by Gasteiger charge is 2.16. The number of fused-ring (bicyclic) bond motifs is 1. The van der Waals surface area contributed by atoms with Crippen LogP contribution in [0.4, 0.5) is 5.95 Å². The molecule has 1 aliphatic rings. The Morgan fingerprint density at radius 2 is 1.94 bits per heavy atom. The van der Waals surface area contributed by atoms with E-state index in [9.17, 15) is 0 Å². The van der Waals surface area contributed by atoms with Gasteiger partial charge in [-0.25, -0.2) is 9.97 Å². The van der Waals surface area contributed by atoms with Crippen LogP contribution in [0, 0.1) is 3.57 Å². The van der Waals surface area contributed by atoms with Crippen molar-refractivity contribution in [3.63, 3.8) is 0 Å². The Morgan fingerprint density at radius 3 is 2.78 bits per heavy atom. The van der Waals surface area contributed by atoms with Crippen LogP contribution in [0.25, 0.3) is 0 Å². The van der Waals surface area contributed by atoms with Gasteiger partial charge < -0.3 is 9.64 Å². The molecule has 0 aliphatic carbocycles. The van der Waals surface area contributed by atoms with Gasteiger partial charge in [0.2, 0.25) is 5.95 Å². The molecule has 0 bridgehead atoms. The number of halogens is 1. The lowest BCUT2D eigenvalue weighted by Crippen LogP contribution is -2.27. The van der Waals surface area contributed by atoms with Gasteiger partial charge in [-0.15, -0.1) is 0 Å². The maximum Gasteiger partial charge on any atom is 0.225 e. The summed E-state index contributed by atoms with van der Waals surface area (Å²) in [6.45, 7) is 2.25. The van der Waals surface area contributed by atoms with E-state index < -0.39 is 0 Å². The van der Waals surface area contributed by atoms with Crippen molar-refractivity contribution in [1.82, 2.24) is 9.97 Å². The molecular weight excluding hydrogens is 341 g/mol. The molecule has 0 N–H and O–H groups in total. The Bertz CT molecular complexity index is 544. The van der Waals surface area contributed by atoms with Crippen molar-refractivity contribution >= 4 is 28.5 Å². The zero-order valence-corrected chi connectivity index (χ0v) is 11.9. The first-order chi connectivity index (χ1) is 8.83. The molecule has 0 fully saturated rings. The number of rotatable bonds is 1. The third kappa shape index (κ3) is 2.40. The Labute approximate surface area is 119 Å². The summed E-state index contributed by atoms with van der Waals surface area (Å²) in [4.78, 5) is 10.9. The van der Waals surface area contributed by atoms with Crippen LogP contribution >= 0.6 is 22.6 Å². The fourth-order valence-corrected chi connectivity index (χ4v) is 2.24. The van der Waals surface area contributed by atoms with E-state index in [-0.39, 0.29) is 0 Å². The molecule has 0 saturated carbocycles. The molecule has 0 radical (unpaired) electrons.